The molecule has 2 saturated heterocycles. The number of amides is 1. The fourth-order valence-corrected chi connectivity index (χ4v) is 11.4. The van der Waals surface area contributed by atoms with Crippen molar-refractivity contribution in [2.24, 2.45) is 0 Å². The van der Waals surface area contributed by atoms with Crippen LogP contribution >= 0.6 is 0 Å². The summed E-state index contributed by atoms with van der Waals surface area (Å²) in [6.45, 7) is 2.69. The summed E-state index contributed by atoms with van der Waals surface area (Å²) < 4.78 is 22.9. The van der Waals surface area contributed by atoms with Gasteiger partial charge >= 0.3 is 0 Å². The lowest BCUT2D eigenvalue weighted by molar-refractivity contribution is -0.359. The summed E-state index contributed by atoms with van der Waals surface area (Å²) in [5.74, 6) is -0.257. The zero-order valence-corrected chi connectivity index (χ0v) is 58.7. The van der Waals surface area contributed by atoms with Crippen molar-refractivity contribution in [3.8, 4) is 0 Å². The summed E-state index contributed by atoms with van der Waals surface area (Å²) in [4.78, 5) is 13.4. The summed E-state index contributed by atoms with van der Waals surface area (Å²) in [5, 5.41) is 87.5. The number of aliphatic hydroxyl groups is 8. The Morgan fingerprint density at radius 1 is 0.394 bits per heavy atom. The molecular formula is C80H135NO13. The smallest absolute Gasteiger partial charge is 0.220 e. The number of ether oxygens (including phenoxy) is 4. The van der Waals surface area contributed by atoms with Crippen LogP contribution in [0.2, 0.25) is 0 Å². The number of carbonyl (C=O) groups excluding carboxylic acids is 1. The van der Waals surface area contributed by atoms with Gasteiger partial charge in [-0.2, -0.15) is 0 Å². The largest absolute Gasteiger partial charge is 0.394 e. The quantitative estimate of drug-likeness (QED) is 0.0204. The first-order valence-electron chi connectivity index (χ1n) is 37.4. The topological polar surface area (TPSA) is 228 Å². The molecule has 94 heavy (non-hydrogen) atoms. The Bertz CT molecular complexity index is 2090. The molecule has 1 amide bonds. The van der Waals surface area contributed by atoms with E-state index in [1.165, 1.54) is 122 Å². The Morgan fingerprint density at radius 2 is 0.734 bits per heavy atom. The van der Waals surface area contributed by atoms with Crippen LogP contribution in [0.3, 0.4) is 0 Å². The van der Waals surface area contributed by atoms with Crippen LogP contribution in [-0.2, 0) is 23.7 Å². The van der Waals surface area contributed by atoms with Crippen LogP contribution in [-0.4, -0.2) is 140 Å². The van der Waals surface area contributed by atoms with Gasteiger partial charge in [0, 0.05) is 6.42 Å². The van der Waals surface area contributed by atoms with E-state index < -0.39 is 86.8 Å². The fourth-order valence-electron chi connectivity index (χ4n) is 11.4. The normalized spacial score (nSPS) is 23.3. The van der Waals surface area contributed by atoms with Crippen molar-refractivity contribution in [3.05, 3.63) is 134 Å². The Morgan fingerprint density at radius 3 is 1.13 bits per heavy atom. The molecule has 538 valence electrons. The number of aliphatic hydroxyl groups excluding tert-OH is 8. The summed E-state index contributed by atoms with van der Waals surface area (Å²) in [7, 11) is 0. The third-order valence-electron chi connectivity index (χ3n) is 17.3. The average Bonchev–Trinajstić information content (AvgIpc) is 0.794. The molecule has 12 unspecified atom stereocenters. The van der Waals surface area contributed by atoms with Gasteiger partial charge in [0.25, 0.3) is 0 Å². The highest BCUT2D eigenvalue weighted by molar-refractivity contribution is 5.76. The number of allylic oxidation sites excluding steroid dienone is 21. The van der Waals surface area contributed by atoms with E-state index in [2.05, 4.69) is 141 Å². The molecule has 2 aliphatic rings. The van der Waals surface area contributed by atoms with Crippen LogP contribution in [0, 0.1) is 0 Å². The van der Waals surface area contributed by atoms with Gasteiger partial charge in [-0.1, -0.05) is 302 Å². The Labute approximate surface area is 570 Å². The second-order valence-electron chi connectivity index (χ2n) is 25.7. The van der Waals surface area contributed by atoms with Crippen molar-refractivity contribution in [3.63, 3.8) is 0 Å². The van der Waals surface area contributed by atoms with Gasteiger partial charge in [0.1, 0.15) is 48.8 Å². The summed E-state index contributed by atoms with van der Waals surface area (Å²) >= 11 is 0. The molecule has 0 aromatic heterocycles. The molecule has 0 saturated carbocycles. The van der Waals surface area contributed by atoms with Gasteiger partial charge < -0.3 is 65.1 Å². The van der Waals surface area contributed by atoms with Gasteiger partial charge in [0.05, 0.1) is 32.0 Å². The van der Waals surface area contributed by atoms with Crippen molar-refractivity contribution >= 4 is 5.91 Å². The predicted molar refractivity (Wildman–Crippen MR) is 387 cm³/mol. The minimum atomic E-state index is -1.80. The molecule has 2 rings (SSSR count). The second-order valence-corrected chi connectivity index (χ2v) is 25.7. The molecule has 0 bridgehead atoms. The molecule has 0 aromatic rings. The van der Waals surface area contributed by atoms with Gasteiger partial charge in [0.2, 0.25) is 5.91 Å². The molecule has 0 spiro atoms. The van der Waals surface area contributed by atoms with Gasteiger partial charge in [-0.05, 0) is 96.3 Å². The predicted octanol–water partition coefficient (Wildman–Crippen LogP) is 16.2. The fraction of sp³-hybridized carbons (Fsp3) is 0.713. The molecule has 2 fully saturated rings. The van der Waals surface area contributed by atoms with E-state index in [-0.39, 0.29) is 18.9 Å². The minimum Gasteiger partial charge on any atom is -0.394 e. The molecule has 2 aliphatic heterocycles. The van der Waals surface area contributed by atoms with Crippen molar-refractivity contribution in [1.29, 1.82) is 0 Å². The lowest BCUT2D eigenvalue weighted by Gasteiger charge is -2.46. The van der Waals surface area contributed by atoms with Gasteiger partial charge in [-0.25, -0.2) is 0 Å². The molecule has 2 heterocycles. The molecule has 0 aromatic carbocycles. The summed E-state index contributed by atoms with van der Waals surface area (Å²) in [6, 6.07) is -0.934. The Hall–Kier alpha value is -3.87. The summed E-state index contributed by atoms with van der Waals surface area (Å²) in [6.07, 6.45) is 76.4. The number of rotatable bonds is 60. The molecule has 9 N–H and O–H groups in total. The number of hydrogen-bond acceptors (Lipinski definition) is 13. The average molecular weight is 1320 g/mol. The van der Waals surface area contributed by atoms with Crippen molar-refractivity contribution in [2.45, 2.75) is 344 Å². The van der Waals surface area contributed by atoms with Crippen LogP contribution in [0.5, 0.6) is 0 Å². The zero-order chi connectivity index (χ0) is 68.0. The van der Waals surface area contributed by atoms with E-state index in [0.29, 0.717) is 6.42 Å². The third-order valence-corrected chi connectivity index (χ3v) is 17.3. The van der Waals surface area contributed by atoms with Crippen molar-refractivity contribution in [2.75, 3.05) is 19.8 Å². The van der Waals surface area contributed by atoms with Gasteiger partial charge in [0.15, 0.2) is 12.6 Å². The van der Waals surface area contributed by atoms with Crippen LogP contribution < -0.4 is 5.32 Å². The van der Waals surface area contributed by atoms with Gasteiger partial charge in [-0.3, -0.25) is 4.79 Å². The van der Waals surface area contributed by atoms with Gasteiger partial charge in [-0.15, -0.1) is 0 Å². The van der Waals surface area contributed by atoms with Crippen molar-refractivity contribution < 1.29 is 64.6 Å². The van der Waals surface area contributed by atoms with Crippen molar-refractivity contribution in [1.82, 2.24) is 5.32 Å². The maximum absolute atomic E-state index is 13.4. The Balaban J connectivity index is 1.67. The molecule has 0 aliphatic carbocycles. The lowest BCUT2D eigenvalue weighted by Crippen LogP contribution is -2.65. The zero-order valence-electron chi connectivity index (χ0n) is 58.7. The SMILES string of the molecule is CC/C=C\C/C=C\C/C=C\C/C=C\C/C=C\C/C=C\C/C=C\C/C=C\C/C=C\C/C=C\CCCCCCCCC(=O)NC(COC1OC(CO)C(OC2OC(CO)C(O)C(O)C2O)C(O)C1O)C(O)/C=C/CCCCCCCCCCCCCCCCCCCCCCC. The monoisotopic (exact) mass is 1320 g/mol. The highest BCUT2D eigenvalue weighted by atomic mass is 16.7. The minimum absolute atomic E-state index is 0.256. The molecule has 12 atom stereocenters. The van der Waals surface area contributed by atoms with Crippen LogP contribution in [0.4, 0.5) is 0 Å². The van der Waals surface area contributed by atoms with E-state index >= 15 is 0 Å². The maximum atomic E-state index is 13.4. The highest BCUT2D eigenvalue weighted by Gasteiger charge is 2.51. The lowest BCUT2D eigenvalue weighted by atomic mass is 9.97. The number of hydrogen-bond donors (Lipinski definition) is 9. The molecule has 14 nitrogen and oxygen atoms in total. The van der Waals surface area contributed by atoms with E-state index in [0.717, 1.165) is 122 Å². The number of unbranched alkanes of at least 4 members (excludes halogenated alkanes) is 27. The van der Waals surface area contributed by atoms with Crippen LogP contribution in [0.15, 0.2) is 134 Å². The first-order chi connectivity index (χ1) is 46.1. The van der Waals surface area contributed by atoms with E-state index in [9.17, 15) is 45.6 Å². The van der Waals surface area contributed by atoms with Crippen LogP contribution in [0.25, 0.3) is 0 Å². The van der Waals surface area contributed by atoms with Crippen LogP contribution in [0.1, 0.15) is 271 Å². The third kappa shape index (κ3) is 45.6. The molecular weight excluding hydrogens is 1180 g/mol. The molecule has 0 radical (unpaired) electrons. The first kappa shape index (κ1) is 86.2. The molecule has 14 heteroatoms. The highest BCUT2D eigenvalue weighted by Crippen LogP contribution is 2.30. The number of nitrogens with one attached hydrogen (secondary N) is 1. The first-order valence-corrected chi connectivity index (χ1v) is 37.4. The standard InChI is InChI=1S/C80H135NO13/c1-3-5-7-9-11-13-15-17-19-21-23-25-27-28-29-30-31-32-33-34-35-36-37-38-39-40-42-44-46-48-50-52-54-56-58-60-62-64-72(85)81-68(67-91-79-77(90)75(88)78(71(66-83)93-79)94-80-76(89)74(87)73(86)70(65-82)92-80)69(84)63-61-59-57-55-53-51-49-47-45-43-41-26-24-22-20-18-16-14-12-10-8-6-4-2/h5,7,11,13,17,19,23,25,28-29,31-32,34-35,37-38,40,42,46,48,61,63,68-71,73-80,82-84,86-90H,3-4,6,8-10,12,14-16,18,20-22,24,26-27,30,33,36,39,41,43-45,47,49-60,62,64-67H2,1-2H3,(H,81,85)/b7-5-,13-11-,19-17-,25-23-,29-28-,32-31-,35-34-,38-37-,42-40-,48-46-,63-61+. The van der Waals surface area contributed by atoms with E-state index in [1.54, 1.807) is 6.08 Å². The summed E-state index contributed by atoms with van der Waals surface area (Å²) in [5.41, 5.74) is 0. The Kier molecular flexibility index (Phi) is 57.4. The van der Waals surface area contributed by atoms with E-state index in [1.807, 2.05) is 6.08 Å². The second kappa shape index (κ2) is 62.6. The van der Waals surface area contributed by atoms with E-state index in [4.69, 9.17) is 18.9 Å². The maximum Gasteiger partial charge on any atom is 0.220 e. The number of carbonyl (C=O) groups is 1.